The van der Waals surface area contributed by atoms with Gasteiger partial charge in [-0.25, -0.2) is 8.42 Å². The van der Waals surface area contributed by atoms with Crippen molar-refractivity contribution >= 4 is 21.8 Å². The van der Waals surface area contributed by atoms with E-state index < -0.39 is 14.9 Å². The van der Waals surface area contributed by atoms with Gasteiger partial charge in [-0.15, -0.1) is 0 Å². The summed E-state index contributed by atoms with van der Waals surface area (Å²) in [4.78, 5) is -0.492. The number of hydrogen-bond donors (Lipinski definition) is 1. The fourth-order valence-corrected chi connectivity index (χ4v) is 3.38. The first-order valence-corrected chi connectivity index (χ1v) is 9.46. The van der Waals surface area contributed by atoms with Gasteiger partial charge in [-0.2, -0.15) is 5.26 Å². The number of nitriles is 1. The van der Waals surface area contributed by atoms with Gasteiger partial charge >= 0.3 is 0 Å². The van der Waals surface area contributed by atoms with Crippen molar-refractivity contribution in [2.24, 2.45) is 0 Å². The Labute approximate surface area is 164 Å². The highest BCUT2D eigenvalue weighted by atomic mass is 32.2. The molecule has 0 aliphatic carbocycles. The van der Waals surface area contributed by atoms with Crippen molar-refractivity contribution < 1.29 is 27.4 Å². The van der Waals surface area contributed by atoms with Gasteiger partial charge in [0.25, 0.3) is 10.0 Å². The maximum Gasteiger partial charge on any atom is 0.272 e. The van der Waals surface area contributed by atoms with Crippen LogP contribution in [-0.4, -0.2) is 36.9 Å². The molecule has 0 aromatic heterocycles. The van der Waals surface area contributed by atoms with Crippen LogP contribution < -0.4 is 23.7 Å². The van der Waals surface area contributed by atoms with Gasteiger partial charge < -0.3 is 18.9 Å². The van der Waals surface area contributed by atoms with Crippen LogP contribution >= 0.6 is 0 Å². The lowest BCUT2D eigenvalue weighted by Gasteiger charge is -2.14. The molecule has 1 N–H and O–H groups in total. The van der Waals surface area contributed by atoms with Crippen LogP contribution in [0.5, 0.6) is 23.0 Å². The summed E-state index contributed by atoms with van der Waals surface area (Å²) in [5.74, 6) is 1.52. The van der Waals surface area contributed by atoms with Crippen molar-refractivity contribution in [2.75, 3.05) is 33.2 Å². The Balaban J connectivity index is 2.45. The summed E-state index contributed by atoms with van der Waals surface area (Å²) in [5, 5.41) is 9.42. The van der Waals surface area contributed by atoms with Gasteiger partial charge in [0.15, 0.2) is 16.4 Å². The number of anilines is 1. The summed E-state index contributed by atoms with van der Waals surface area (Å²) in [6, 6.07) is 11.1. The normalized spacial score (nSPS) is 11.3. The van der Waals surface area contributed by atoms with E-state index in [2.05, 4.69) is 4.72 Å². The first-order chi connectivity index (χ1) is 13.4. The quantitative estimate of drug-likeness (QED) is 0.674. The molecule has 0 radical (unpaired) electrons. The van der Waals surface area contributed by atoms with Crippen LogP contribution in [0, 0.1) is 11.3 Å². The van der Waals surface area contributed by atoms with Crippen LogP contribution in [0.3, 0.4) is 0 Å². The number of rotatable bonds is 8. The maximum absolute atomic E-state index is 12.6. The molecule has 2 rings (SSSR count). The molecule has 0 unspecified atom stereocenters. The highest BCUT2D eigenvalue weighted by molar-refractivity contribution is 7.96. The summed E-state index contributed by atoms with van der Waals surface area (Å²) in [6.07, 6.45) is 1.20. The lowest BCUT2D eigenvalue weighted by atomic mass is 10.1. The first-order valence-electron chi connectivity index (χ1n) is 7.97. The Morgan fingerprint density at radius 2 is 1.57 bits per heavy atom. The average Bonchev–Trinajstić information content (AvgIpc) is 2.71. The zero-order valence-corrected chi connectivity index (χ0v) is 16.7. The lowest BCUT2D eigenvalue weighted by Crippen LogP contribution is -2.14. The average molecular weight is 404 g/mol. The van der Waals surface area contributed by atoms with E-state index in [1.54, 1.807) is 30.3 Å². The van der Waals surface area contributed by atoms with E-state index in [0.717, 1.165) is 0 Å². The minimum absolute atomic E-state index is 0.245. The van der Waals surface area contributed by atoms with Crippen LogP contribution in [-0.2, 0) is 10.0 Å². The fraction of sp³-hybridized carbons (Fsp3) is 0.211. The Morgan fingerprint density at radius 3 is 2.07 bits per heavy atom. The zero-order chi connectivity index (χ0) is 20.7. The lowest BCUT2D eigenvalue weighted by molar-refractivity contribution is 0.324. The van der Waals surface area contributed by atoms with Crippen LogP contribution in [0.15, 0.2) is 41.3 Å². The zero-order valence-electron chi connectivity index (χ0n) is 15.8. The number of methoxy groups -OCH3 is 4. The fourth-order valence-electron chi connectivity index (χ4n) is 2.42. The van der Waals surface area contributed by atoms with Crippen LogP contribution in [0.4, 0.5) is 5.69 Å². The predicted octanol–water partition coefficient (Wildman–Crippen LogP) is 3.03. The molecule has 0 aliphatic rings. The Bertz CT molecular complexity index is 1010. The molecule has 0 saturated heterocycles. The molecular weight excluding hydrogens is 384 g/mol. The van der Waals surface area contributed by atoms with Gasteiger partial charge in [0.1, 0.15) is 11.8 Å². The molecule has 0 saturated carbocycles. The summed E-state index contributed by atoms with van der Waals surface area (Å²) in [6.45, 7) is 0. The van der Waals surface area contributed by atoms with E-state index in [9.17, 15) is 13.7 Å². The summed E-state index contributed by atoms with van der Waals surface area (Å²) in [5.41, 5.74) is 0.637. The number of nitrogens with one attached hydrogen (secondary N) is 1. The third kappa shape index (κ3) is 4.47. The number of hydrogen-bond acceptors (Lipinski definition) is 7. The minimum atomic E-state index is -4.12. The van der Waals surface area contributed by atoms with Gasteiger partial charge in [0.2, 0.25) is 5.75 Å². The number of ether oxygens (including phenoxy) is 4. The number of nitrogens with zero attached hydrogens (tertiary/aromatic N) is 1. The molecule has 0 bridgehead atoms. The van der Waals surface area contributed by atoms with E-state index in [4.69, 9.17) is 18.9 Å². The summed E-state index contributed by atoms with van der Waals surface area (Å²) < 4.78 is 48.5. The third-order valence-electron chi connectivity index (χ3n) is 3.76. The molecule has 2 aromatic rings. The van der Waals surface area contributed by atoms with Crippen LogP contribution in [0.2, 0.25) is 0 Å². The Morgan fingerprint density at radius 1 is 0.929 bits per heavy atom. The van der Waals surface area contributed by atoms with Gasteiger partial charge in [0, 0.05) is 11.3 Å². The molecule has 0 heterocycles. The van der Waals surface area contributed by atoms with Crippen molar-refractivity contribution in [1.82, 2.24) is 0 Å². The van der Waals surface area contributed by atoms with Crippen molar-refractivity contribution in [3.8, 4) is 29.1 Å². The standard InChI is InChI=1S/C19H20N2O6S/c1-24-15-8-6-14(7-9-15)21-28(22,23)16(12-20)11-13-5-10-17(25-2)19(27-4)18(13)26-3/h5-11,21H,1-4H3/b16-11-. The molecule has 0 atom stereocenters. The van der Waals surface area contributed by atoms with Gasteiger partial charge in [-0.05, 0) is 42.5 Å². The molecule has 2 aromatic carbocycles. The van der Waals surface area contributed by atoms with Gasteiger partial charge in [-0.3, -0.25) is 4.72 Å². The molecule has 0 amide bonds. The summed E-state index contributed by atoms with van der Waals surface area (Å²) >= 11 is 0. The molecule has 148 valence electrons. The van der Waals surface area contributed by atoms with Crippen LogP contribution in [0.1, 0.15) is 5.56 Å². The first kappa shape index (κ1) is 20.9. The van der Waals surface area contributed by atoms with Crippen molar-refractivity contribution in [2.45, 2.75) is 0 Å². The second-order valence-electron chi connectivity index (χ2n) is 5.38. The molecule has 8 nitrogen and oxygen atoms in total. The maximum atomic E-state index is 12.6. The van der Waals surface area contributed by atoms with Crippen molar-refractivity contribution in [1.29, 1.82) is 5.26 Å². The van der Waals surface area contributed by atoms with Crippen molar-refractivity contribution in [3.63, 3.8) is 0 Å². The second-order valence-corrected chi connectivity index (χ2v) is 7.03. The molecule has 9 heteroatoms. The molecule has 0 fully saturated rings. The largest absolute Gasteiger partial charge is 0.497 e. The molecule has 28 heavy (non-hydrogen) atoms. The number of allylic oxidation sites excluding steroid dienone is 1. The monoisotopic (exact) mass is 404 g/mol. The van der Waals surface area contributed by atoms with E-state index >= 15 is 0 Å². The molecule has 0 spiro atoms. The second kappa shape index (κ2) is 9.01. The van der Waals surface area contributed by atoms with Gasteiger partial charge in [-0.1, -0.05) is 0 Å². The highest BCUT2D eigenvalue weighted by Gasteiger charge is 2.21. The van der Waals surface area contributed by atoms with E-state index in [-0.39, 0.29) is 11.5 Å². The van der Waals surface area contributed by atoms with Crippen molar-refractivity contribution in [3.05, 3.63) is 46.9 Å². The van der Waals surface area contributed by atoms with Gasteiger partial charge in [0.05, 0.1) is 28.4 Å². The molecule has 0 aliphatic heterocycles. The predicted molar refractivity (Wildman–Crippen MR) is 105 cm³/mol. The summed E-state index contributed by atoms with van der Waals surface area (Å²) in [7, 11) is 1.69. The molecular formula is C19H20N2O6S. The van der Waals surface area contributed by atoms with E-state index in [1.807, 2.05) is 0 Å². The van der Waals surface area contributed by atoms with Crippen LogP contribution in [0.25, 0.3) is 6.08 Å². The third-order valence-corrected chi connectivity index (χ3v) is 5.06. The SMILES string of the molecule is COc1ccc(NS(=O)(=O)/C(C#N)=C\c2ccc(OC)c(OC)c2OC)cc1. The van der Waals surface area contributed by atoms with E-state index in [0.29, 0.717) is 22.7 Å². The Kier molecular flexibility index (Phi) is 6.74. The number of benzene rings is 2. The topological polar surface area (TPSA) is 107 Å². The van der Waals surface area contributed by atoms with E-state index in [1.165, 1.54) is 46.6 Å². The highest BCUT2D eigenvalue weighted by Crippen LogP contribution is 2.40. The number of sulfonamides is 1. The smallest absolute Gasteiger partial charge is 0.272 e. The minimum Gasteiger partial charge on any atom is -0.497 e. The Hall–Kier alpha value is -3.38.